The van der Waals surface area contributed by atoms with Gasteiger partial charge >= 0.3 is 0 Å². The van der Waals surface area contributed by atoms with E-state index in [-0.39, 0.29) is 5.91 Å². The number of hydrogen-bond acceptors (Lipinski definition) is 4. The Morgan fingerprint density at radius 1 is 1.11 bits per heavy atom. The Morgan fingerprint density at radius 3 is 2.46 bits per heavy atom. The number of aromatic nitrogens is 3. The SMILES string of the molecule is Cc1noc(C)c1-c1cnc2c(-c3ccc(C(C)(C)C(N)=O)cc3)cn(CC3CCCCC3)c2c1. The maximum Gasteiger partial charge on any atom is 0.227 e. The number of carbonyl (C=O) groups excluding carboxylic acids is 1. The first kappa shape index (κ1) is 23.3. The van der Waals surface area contributed by atoms with Gasteiger partial charge in [-0.3, -0.25) is 9.78 Å². The van der Waals surface area contributed by atoms with E-state index < -0.39 is 5.41 Å². The van der Waals surface area contributed by atoms with E-state index in [1.807, 2.05) is 46.0 Å². The van der Waals surface area contributed by atoms with E-state index in [0.717, 1.165) is 56.8 Å². The number of primary amides is 1. The normalized spacial score (nSPS) is 15.1. The van der Waals surface area contributed by atoms with Crippen LogP contribution in [0.2, 0.25) is 0 Å². The van der Waals surface area contributed by atoms with Crippen molar-refractivity contribution < 1.29 is 9.32 Å². The molecule has 1 aliphatic carbocycles. The highest BCUT2D eigenvalue weighted by molar-refractivity contribution is 5.95. The summed E-state index contributed by atoms with van der Waals surface area (Å²) in [6.07, 6.45) is 10.7. The highest BCUT2D eigenvalue weighted by Gasteiger charge is 2.27. The lowest BCUT2D eigenvalue weighted by molar-refractivity contribution is -0.122. The van der Waals surface area contributed by atoms with Crippen LogP contribution < -0.4 is 5.73 Å². The molecule has 0 spiro atoms. The smallest absolute Gasteiger partial charge is 0.227 e. The molecule has 0 saturated heterocycles. The van der Waals surface area contributed by atoms with Crippen LogP contribution in [0.5, 0.6) is 0 Å². The van der Waals surface area contributed by atoms with Crippen molar-refractivity contribution in [3.05, 3.63) is 59.7 Å². The molecule has 35 heavy (non-hydrogen) atoms. The van der Waals surface area contributed by atoms with Crippen LogP contribution in [0.15, 0.2) is 47.2 Å². The lowest BCUT2D eigenvalue weighted by atomic mass is 9.83. The number of amides is 1. The zero-order valence-corrected chi connectivity index (χ0v) is 21.1. The van der Waals surface area contributed by atoms with E-state index >= 15 is 0 Å². The van der Waals surface area contributed by atoms with E-state index in [2.05, 4.69) is 34.1 Å². The van der Waals surface area contributed by atoms with Gasteiger partial charge in [0.05, 0.1) is 22.1 Å². The third kappa shape index (κ3) is 4.26. The third-order valence-electron chi connectivity index (χ3n) is 7.75. The van der Waals surface area contributed by atoms with Crippen LogP contribution in [0.4, 0.5) is 0 Å². The van der Waals surface area contributed by atoms with Crippen molar-refractivity contribution in [3.63, 3.8) is 0 Å². The second-order valence-corrected chi connectivity index (χ2v) is 10.6. The van der Waals surface area contributed by atoms with Gasteiger partial charge < -0.3 is 14.8 Å². The number of aryl methyl sites for hydroxylation is 2. The van der Waals surface area contributed by atoms with E-state index in [0.29, 0.717) is 5.92 Å². The average molecular weight is 471 g/mol. The average Bonchev–Trinajstić information content (AvgIpc) is 3.38. The topological polar surface area (TPSA) is 86.9 Å². The van der Waals surface area contributed by atoms with Gasteiger partial charge in [0.1, 0.15) is 5.76 Å². The fraction of sp³-hybridized carbons (Fsp3) is 0.414. The number of nitrogens with two attached hydrogens (primary N) is 1. The van der Waals surface area contributed by atoms with Gasteiger partial charge in [-0.1, -0.05) is 48.7 Å². The molecule has 5 rings (SSSR count). The van der Waals surface area contributed by atoms with Crippen LogP contribution in [0.3, 0.4) is 0 Å². The quantitative estimate of drug-likeness (QED) is 0.357. The first-order valence-corrected chi connectivity index (χ1v) is 12.6. The number of benzene rings is 1. The third-order valence-corrected chi connectivity index (χ3v) is 7.75. The summed E-state index contributed by atoms with van der Waals surface area (Å²) in [5, 5.41) is 4.14. The standard InChI is InChI=1S/C29H34N4O2/c1-18-26(19(2)35-32-18)22-14-25-27(31-15-22)24(17-33(25)16-20-8-6-5-7-9-20)21-10-12-23(13-11-21)29(3,4)28(30)34/h10-15,17,20H,5-9,16H2,1-4H3,(H2,30,34). The Hall–Kier alpha value is -3.41. The minimum Gasteiger partial charge on any atom is -0.369 e. The predicted octanol–water partition coefficient (Wildman–Crippen LogP) is 6.32. The number of rotatable bonds is 6. The summed E-state index contributed by atoms with van der Waals surface area (Å²) in [5.74, 6) is 1.17. The summed E-state index contributed by atoms with van der Waals surface area (Å²) < 4.78 is 7.81. The molecule has 2 N–H and O–H groups in total. The molecule has 1 aliphatic rings. The van der Waals surface area contributed by atoms with Gasteiger partial charge in [0.15, 0.2) is 0 Å². The molecule has 0 atom stereocenters. The molecule has 0 unspecified atom stereocenters. The van der Waals surface area contributed by atoms with E-state index in [1.54, 1.807) is 0 Å². The van der Waals surface area contributed by atoms with Gasteiger partial charge in [0.2, 0.25) is 5.91 Å². The van der Waals surface area contributed by atoms with Crippen LogP contribution in [0.25, 0.3) is 33.3 Å². The van der Waals surface area contributed by atoms with E-state index in [1.165, 1.54) is 32.1 Å². The minimum atomic E-state index is -0.713. The molecule has 182 valence electrons. The summed E-state index contributed by atoms with van der Waals surface area (Å²) in [5.41, 5.74) is 13.0. The van der Waals surface area contributed by atoms with Gasteiger partial charge in [-0.15, -0.1) is 0 Å². The van der Waals surface area contributed by atoms with Crippen LogP contribution in [-0.2, 0) is 16.8 Å². The highest BCUT2D eigenvalue weighted by Crippen LogP contribution is 2.36. The monoisotopic (exact) mass is 470 g/mol. The number of fused-ring (bicyclic) bond motifs is 1. The van der Waals surface area contributed by atoms with Crippen molar-refractivity contribution in [1.82, 2.24) is 14.7 Å². The molecule has 6 nitrogen and oxygen atoms in total. The van der Waals surface area contributed by atoms with E-state index in [9.17, 15) is 4.79 Å². The fourth-order valence-corrected chi connectivity index (χ4v) is 5.42. The molecule has 3 aromatic heterocycles. The van der Waals surface area contributed by atoms with Gasteiger partial charge in [0, 0.05) is 35.6 Å². The second kappa shape index (κ2) is 8.99. The first-order valence-electron chi connectivity index (χ1n) is 12.6. The summed E-state index contributed by atoms with van der Waals surface area (Å²) in [6.45, 7) is 8.63. The van der Waals surface area contributed by atoms with Crippen LogP contribution in [0, 0.1) is 19.8 Å². The Bertz CT molecular complexity index is 1350. The van der Waals surface area contributed by atoms with E-state index in [4.69, 9.17) is 15.2 Å². The maximum absolute atomic E-state index is 11.9. The molecule has 1 saturated carbocycles. The minimum absolute atomic E-state index is 0.331. The van der Waals surface area contributed by atoms with Crippen molar-refractivity contribution in [2.24, 2.45) is 11.7 Å². The van der Waals surface area contributed by atoms with Crippen molar-refractivity contribution >= 4 is 16.9 Å². The Kier molecular flexibility index (Phi) is 5.99. The first-order chi connectivity index (χ1) is 16.8. The van der Waals surface area contributed by atoms with Gasteiger partial charge in [-0.25, -0.2) is 0 Å². The second-order valence-electron chi connectivity index (χ2n) is 10.6. The van der Waals surface area contributed by atoms with Crippen molar-refractivity contribution in [3.8, 4) is 22.3 Å². The lowest BCUT2D eigenvalue weighted by Gasteiger charge is -2.22. The molecular formula is C29H34N4O2. The van der Waals surface area contributed by atoms with Crippen LogP contribution >= 0.6 is 0 Å². The molecular weight excluding hydrogens is 436 g/mol. The van der Waals surface area contributed by atoms with Gasteiger partial charge in [-0.05, 0) is 63.6 Å². The number of carbonyl (C=O) groups is 1. The molecule has 0 bridgehead atoms. The zero-order valence-electron chi connectivity index (χ0n) is 21.1. The molecule has 0 radical (unpaired) electrons. The molecule has 1 aromatic carbocycles. The predicted molar refractivity (Wildman–Crippen MR) is 139 cm³/mol. The molecule has 4 aromatic rings. The summed E-state index contributed by atoms with van der Waals surface area (Å²) in [6, 6.07) is 10.4. The largest absolute Gasteiger partial charge is 0.369 e. The Labute approximate surface area is 206 Å². The Morgan fingerprint density at radius 2 is 1.83 bits per heavy atom. The summed E-state index contributed by atoms with van der Waals surface area (Å²) in [4.78, 5) is 16.9. The molecule has 1 amide bonds. The number of nitrogens with zero attached hydrogens (tertiary/aromatic N) is 3. The molecule has 0 aliphatic heterocycles. The lowest BCUT2D eigenvalue weighted by Crippen LogP contribution is -2.35. The zero-order chi connectivity index (χ0) is 24.7. The summed E-state index contributed by atoms with van der Waals surface area (Å²) in [7, 11) is 0. The van der Waals surface area contributed by atoms with Gasteiger partial charge in [0.25, 0.3) is 0 Å². The number of hydrogen-bond donors (Lipinski definition) is 1. The summed E-state index contributed by atoms with van der Waals surface area (Å²) >= 11 is 0. The van der Waals surface area contributed by atoms with Crippen molar-refractivity contribution in [2.45, 2.75) is 71.8 Å². The number of pyridine rings is 1. The van der Waals surface area contributed by atoms with Gasteiger partial charge in [-0.2, -0.15) is 0 Å². The molecule has 3 heterocycles. The molecule has 1 fully saturated rings. The van der Waals surface area contributed by atoms with Crippen LogP contribution in [0.1, 0.15) is 63.0 Å². The highest BCUT2D eigenvalue weighted by atomic mass is 16.5. The maximum atomic E-state index is 11.9. The van der Waals surface area contributed by atoms with Crippen molar-refractivity contribution in [2.75, 3.05) is 0 Å². The Balaban J connectivity index is 1.60. The molecule has 6 heteroatoms. The fourth-order valence-electron chi connectivity index (χ4n) is 5.42. The van der Waals surface area contributed by atoms with Crippen LogP contribution in [-0.4, -0.2) is 20.6 Å². The van der Waals surface area contributed by atoms with Crippen molar-refractivity contribution in [1.29, 1.82) is 0 Å².